The summed E-state index contributed by atoms with van der Waals surface area (Å²) in [6.07, 6.45) is 2.74. The second-order valence-electron chi connectivity index (χ2n) is 4.17. The van der Waals surface area contributed by atoms with Crippen molar-refractivity contribution in [3.05, 3.63) is 34.3 Å². The zero-order chi connectivity index (χ0) is 13.5. The third kappa shape index (κ3) is 6.17. The number of carbonyl (C=O) groups excluding carboxylic acids is 1. The molecule has 3 nitrogen and oxygen atoms in total. The van der Waals surface area contributed by atoms with Crippen molar-refractivity contribution in [2.45, 2.75) is 19.0 Å². The Kier molecular flexibility index (Phi) is 9.52. The summed E-state index contributed by atoms with van der Waals surface area (Å²) < 4.78 is 1.02. The van der Waals surface area contributed by atoms with E-state index < -0.39 is 6.04 Å². The lowest BCUT2D eigenvalue weighted by Gasteiger charge is -2.21. The van der Waals surface area contributed by atoms with Crippen LogP contribution in [0.3, 0.4) is 0 Å². The van der Waals surface area contributed by atoms with Crippen molar-refractivity contribution in [2.24, 2.45) is 5.73 Å². The molecule has 0 bridgehead atoms. The van der Waals surface area contributed by atoms with Gasteiger partial charge in [-0.25, -0.2) is 0 Å². The van der Waals surface area contributed by atoms with Gasteiger partial charge in [-0.15, -0.1) is 12.4 Å². The van der Waals surface area contributed by atoms with Crippen LogP contribution in [0.2, 0.25) is 0 Å². The number of nitrogens with two attached hydrogens (primary N) is 1. The summed E-state index contributed by atoms with van der Waals surface area (Å²) in [5.74, 6) is 0.912. The van der Waals surface area contributed by atoms with Gasteiger partial charge in [0.05, 0.1) is 6.04 Å². The van der Waals surface area contributed by atoms with E-state index in [1.807, 2.05) is 30.5 Å². The molecule has 0 aromatic heterocycles. The first-order chi connectivity index (χ1) is 8.56. The van der Waals surface area contributed by atoms with Crippen LogP contribution in [0.5, 0.6) is 0 Å². The zero-order valence-electron chi connectivity index (χ0n) is 11.1. The molecule has 0 saturated carbocycles. The number of hydrogen-bond donors (Lipinski definition) is 1. The summed E-state index contributed by atoms with van der Waals surface area (Å²) in [4.78, 5) is 13.7. The van der Waals surface area contributed by atoms with Crippen molar-refractivity contribution in [2.75, 3.05) is 19.1 Å². The van der Waals surface area contributed by atoms with Gasteiger partial charge in [0.15, 0.2) is 0 Å². The van der Waals surface area contributed by atoms with Gasteiger partial charge >= 0.3 is 0 Å². The summed E-state index contributed by atoms with van der Waals surface area (Å²) in [5, 5.41) is 0. The predicted octanol–water partition coefficient (Wildman–Crippen LogP) is 2.91. The van der Waals surface area contributed by atoms with Crippen molar-refractivity contribution in [3.8, 4) is 0 Å². The normalized spacial score (nSPS) is 11.6. The molecule has 0 fully saturated rings. The first-order valence-electron chi connectivity index (χ1n) is 5.79. The molecule has 0 aliphatic carbocycles. The van der Waals surface area contributed by atoms with Gasteiger partial charge in [0.25, 0.3) is 0 Å². The number of thioether (sulfide) groups is 1. The van der Waals surface area contributed by atoms with Gasteiger partial charge in [0.1, 0.15) is 0 Å². The van der Waals surface area contributed by atoms with Crippen molar-refractivity contribution < 1.29 is 4.79 Å². The highest BCUT2D eigenvalue weighted by Crippen LogP contribution is 2.17. The highest BCUT2D eigenvalue weighted by Gasteiger charge is 2.18. The van der Waals surface area contributed by atoms with E-state index in [0.717, 1.165) is 22.2 Å². The lowest BCUT2D eigenvalue weighted by Crippen LogP contribution is -2.41. The standard InChI is InChI=1S/C13H19BrN2OS.ClH/c1-16(13(17)12(15)7-8-18-2)9-10-5-3-4-6-11(10)14;/h3-6,12H,7-9,15H2,1-2H3;1H/t12-;/m0./s1. The Hall–Kier alpha value is -0.230. The largest absolute Gasteiger partial charge is 0.340 e. The van der Waals surface area contributed by atoms with Crippen LogP contribution in [0.4, 0.5) is 0 Å². The number of amides is 1. The number of halogens is 2. The van der Waals surface area contributed by atoms with E-state index in [1.54, 1.807) is 23.7 Å². The van der Waals surface area contributed by atoms with Crippen LogP contribution in [0.15, 0.2) is 28.7 Å². The van der Waals surface area contributed by atoms with Crippen LogP contribution in [0.1, 0.15) is 12.0 Å². The number of benzene rings is 1. The Morgan fingerprint density at radius 1 is 1.47 bits per heavy atom. The monoisotopic (exact) mass is 366 g/mol. The van der Waals surface area contributed by atoms with Gasteiger partial charge in [0.2, 0.25) is 5.91 Å². The molecule has 6 heteroatoms. The number of rotatable bonds is 6. The highest BCUT2D eigenvalue weighted by atomic mass is 79.9. The molecule has 19 heavy (non-hydrogen) atoms. The zero-order valence-corrected chi connectivity index (χ0v) is 14.4. The number of nitrogens with zero attached hydrogens (tertiary/aromatic N) is 1. The summed E-state index contributed by atoms with van der Waals surface area (Å²) in [6, 6.07) is 7.50. The van der Waals surface area contributed by atoms with Crippen LogP contribution in [-0.2, 0) is 11.3 Å². The maximum atomic E-state index is 12.0. The lowest BCUT2D eigenvalue weighted by atomic mass is 10.2. The molecule has 108 valence electrons. The molecule has 1 aromatic carbocycles. The number of hydrogen-bond acceptors (Lipinski definition) is 3. The van der Waals surface area contributed by atoms with E-state index >= 15 is 0 Å². The Labute approximate surface area is 133 Å². The van der Waals surface area contributed by atoms with E-state index in [2.05, 4.69) is 15.9 Å². The Morgan fingerprint density at radius 2 is 2.11 bits per heavy atom. The van der Waals surface area contributed by atoms with Gasteiger partial charge in [0, 0.05) is 18.1 Å². The van der Waals surface area contributed by atoms with Crippen molar-refractivity contribution >= 4 is 46.0 Å². The summed E-state index contributed by atoms with van der Waals surface area (Å²) in [6.45, 7) is 0.577. The SMILES string of the molecule is CSCC[C@H](N)C(=O)N(C)Cc1ccccc1Br.Cl. The fraction of sp³-hybridized carbons (Fsp3) is 0.462. The summed E-state index contributed by atoms with van der Waals surface area (Å²) >= 11 is 5.19. The second-order valence-corrected chi connectivity index (χ2v) is 6.01. The van der Waals surface area contributed by atoms with Gasteiger partial charge < -0.3 is 10.6 Å². The molecule has 0 saturated heterocycles. The quantitative estimate of drug-likeness (QED) is 0.841. The number of likely N-dealkylation sites (N-methyl/N-ethyl adjacent to an activating group) is 1. The minimum Gasteiger partial charge on any atom is -0.340 e. The van der Waals surface area contributed by atoms with E-state index in [0.29, 0.717) is 6.54 Å². The van der Waals surface area contributed by atoms with Crippen molar-refractivity contribution in [1.82, 2.24) is 4.90 Å². The smallest absolute Gasteiger partial charge is 0.239 e. The molecule has 1 aromatic rings. The Bertz CT molecular complexity index is 406. The molecule has 0 heterocycles. The van der Waals surface area contributed by atoms with Crippen LogP contribution in [0.25, 0.3) is 0 Å². The van der Waals surface area contributed by atoms with Crippen LogP contribution >= 0.6 is 40.1 Å². The fourth-order valence-corrected chi connectivity index (χ4v) is 2.51. The molecule has 2 N–H and O–H groups in total. The molecular formula is C13H20BrClN2OS. The van der Waals surface area contributed by atoms with Gasteiger partial charge in [-0.2, -0.15) is 11.8 Å². The Morgan fingerprint density at radius 3 is 2.68 bits per heavy atom. The van der Waals surface area contributed by atoms with Crippen LogP contribution in [-0.4, -0.2) is 35.9 Å². The molecular weight excluding hydrogens is 348 g/mol. The first kappa shape index (κ1) is 18.8. The lowest BCUT2D eigenvalue weighted by molar-refractivity contribution is -0.131. The summed E-state index contributed by atoms with van der Waals surface area (Å²) in [7, 11) is 1.79. The van der Waals surface area contributed by atoms with Crippen molar-refractivity contribution in [3.63, 3.8) is 0 Å². The number of carbonyl (C=O) groups is 1. The van der Waals surface area contributed by atoms with Gasteiger partial charge in [-0.05, 0) is 30.1 Å². The third-order valence-corrected chi connectivity index (χ3v) is 4.11. The van der Waals surface area contributed by atoms with Gasteiger partial charge in [-0.1, -0.05) is 34.1 Å². The van der Waals surface area contributed by atoms with Gasteiger partial charge in [-0.3, -0.25) is 4.79 Å². The molecule has 0 aliphatic rings. The third-order valence-electron chi connectivity index (χ3n) is 2.69. The van der Waals surface area contributed by atoms with E-state index in [9.17, 15) is 4.79 Å². The maximum absolute atomic E-state index is 12.0. The molecule has 1 rings (SSSR count). The molecule has 0 unspecified atom stereocenters. The van der Waals surface area contributed by atoms with E-state index in [4.69, 9.17) is 5.73 Å². The highest BCUT2D eigenvalue weighted by molar-refractivity contribution is 9.10. The minimum atomic E-state index is -0.398. The molecule has 0 spiro atoms. The predicted molar refractivity (Wildman–Crippen MR) is 88.8 cm³/mol. The minimum absolute atomic E-state index is 0. The maximum Gasteiger partial charge on any atom is 0.239 e. The fourth-order valence-electron chi connectivity index (χ4n) is 1.61. The average Bonchev–Trinajstić information content (AvgIpc) is 2.37. The molecule has 1 atom stereocenters. The molecule has 0 radical (unpaired) electrons. The summed E-state index contributed by atoms with van der Waals surface area (Å²) in [5.41, 5.74) is 6.97. The van der Waals surface area contributed by atoms with E-state index in [-0.39, 0.29) is 18.3 Å². The van der Waals surface area contributed by atoms with Crippen molar-refractivity contribution in [1.29, 1.82) is 0 Å². The van der Waals surface area contributed by atoms with E-state index in [1.165, 1.54) is 0 Å². The van der Waals surface area contributed by atoms with Crippen LogP contribution < -0.4 is 5.73 Å². The second kappa shape index (κ2) is 9.64. The Balaban J connectivity index is 0.00000324. The first-order valence-corrected chi connectivity index (χ1v) is 7.98. The molecule has 1 amide bonds. The average molecular weight is 368 g/mol. The van der Waals surface area contributed by atoms with Crippen LogP contribution in [0, 0.1) is 0 Å². The topological polar surface area (TPSA) is 46.3 Å². The molecule has 0 aliphatic heterocycles.